The largest absolute Gasteiger partial charge is 0.506 e. The molecule has 0 atom stereocenters. The number of rotatable bonds is 4. The monoisotopic (exact) mass is 363 g/mol. The number of pyridine rings is 1. The molecule has 2 aromatic carbocycles. The molecule has 132 valence electrons. The molecule has 2 heterocycles. The first-order valence-electron chi connectivity index (χ1n) is 8.64. The predicted molar refractivity (Wildman–Crippen MR) is 111 cm³/mol. The van der Waals surface area contributed by atoms with Gasteiger partial charge in [-0.15, -0.1) is 11.3 Å². The second kappa shape index (κ2) is 6.59. The number of nitrogens with two attached hydrogens (primary N) is 1. The number of thiophene rings is 1. The minimum atomic E-state index is 0.235. The normalized spacial score (nSPS) is 11.3. The zero-order valence-corrected chi connectivity index (χ0v) is 15.7. The van der Waals surface area contributed by atoms with Crippen LogP contribution in [0.3, 0.4) is 0 Å². The Morgan fingerprint density at radius 1 is 1.15 bits per heavy atom. The van der Waals surface area contributed by atoms with Crippen molar-refractivity contribution in [2.24, 2.45) is 5.73 Å². The highest BCUT2D eigenvalue weighted by Crippen LogP contribution is 2.41. The van der Waals surface area contributed by atoms with Crippen LogP contribution in [0.2, 0.25) is 0 Å². The van der Waals surface area contributed by atoms with Crippen LogP contribution in [-0.4, -0.2) is 16.6 Å². The number of anilines is 2. The van der Waals surface area contributed by atoms with Gasteiger partial charge < -0.3 is 16.2 Å². The summed E-state index contributed by atoms with van der Waals surface area (Å²) < 4.78 is 1.16. The van der Waals surface area contributed by atoms with Gasteiger partial charge in [0.25, 0.3) is 0 Å². The Morgan fingerprint density at radius 2 is 1.92 bits per heavy atom. The standard InChI is InChI=1S/C21H21N3OS/c1-12-11-17(25)20(24-15-5-3-14(4-6-15)7-9-22)18-16-8-10-26-21(16)13(2)23-19(12)18/h3-6,8,10-11,24-25H,7,9,22H2,1-2H3. The Labute approximate surface area is 156 Å². The summed E-state index contributed by atoms with van der Waals surface area (Å²) in [5.74, 6) is 0.235. The van der Waals surface area contributed by atoms with E-state index in [2.05, 4.69) is 28.9 Å². The van der Waals surface area contributed by atoms with Crippen molar-refractivity contribution in [2.45, 2.75) is 20.3 Å². The van der Waals surface area contributed by atoms with E-state index in [4.69, 9.17) is 10.7 Å². The Hall–Kier alpha value is -2.63. The second-order valence-corrected chi connectivity index (χ2v) is 7.45. The molecule has 0 saturated heterocycles. The molecule has 0 amide bonds. The van der Waals surface area contributed by atoms with Crippen LogP contribution in [0, 0.1) is 13.8 Å². The number of phenols is 1. The van der Waals surface area contributed by atoms with E-state index in [1.165, 1.54) is 5.56 Å². The number of phenolic OH excluding ortho intramolecular Hbond substituents is 1. The molecule has 0 aliphatic rings. The summed E-state index contributed by atoms with van der Waals surface area (Å²) in [5, 5.41) is 18.2. The van der Waals surface area contributed by atoms with Gasteiger partial charge in [-0.3, -0.25) is 4.98 Å². The molecule has 2 aromatic heterocycles. The van der Waals surface area contributed by atoms with Gasteiger partial charge in [0.15, 0.2) is 0 Å². The molecule has 0 unspecified atom stereocenters. The average molecular weight is 363 g/mol. The molecule has 0 saturated carbocycles. The summed E-state index contributed by atoms with van der Waals surface area (Å²) in [6.45, 7) is 4.66. The lowest BCUT2D eigenvalue weighted by Gasteiger charge is -2.15. The maximum absolute atomic E-state index is 10.7. The number of aryl methyl sites for hydroxylation is 2. The highest BCUT2D eigenvalue weighted by molar-refractivity contribution is 7.17. The van der Waals surface area contributed by atoms with Crippen LogP contribution in [-0.2, 0) is 6.42 Å². The van der Waals surface area contributed by atoms with E-state index in [0.29, 0.717) is 12.2 Å². The van der Waals surface area contributed by atoms with E-state index in [-0.39, 0.29) is 5.75 Å². The van der Waals surface area contributed by atoms with Crippen molar-refractivity contribution in [3.8, 4) is 5.75 Å². The number of nitrogens with zero attached hydrogens (tertiary/aromatic N) is 1. The molecule has 0 radical (unpaired) electrons. The second-order valence-electron chi connectivity index (χ2n) is 6.53. The van der Waals surface area contributed by atoms with Crippen molar-refractivity contribution in [2.75, 3.05) is 11.9 Å². The van der Waals surface area contributed by atoms with Crippen LogP contribution in [0.25, 0.3) is 21.0 Å². The fraction of sp³-hybridized carbons (Fsp3) is 0.190. The summed E-state index contributed by atoms with van der Waals surface area (Å²) in [6, 6.07) is 12.0. The van der Waals surface area contributed by atoms with Gasteiger partial charge in [0, 0.05) is 16.5 Å². The number of fused-ring (bicyclic) bond motifs is 3. The van der Waals surface area contributed by atoms with Gasteiger partial charge in [0.1, 0.15) is 5.75 Å². The molecular weight excluding hydrogens is 342 g/mol. The first kappa shape index (κ1) is 16.8. The van der Waals surface area contributed by atoms with Crippen molar-refractivity contribution in [1.29, 1.82) is 0 Å². The van der Waals surface area contributed by atoms with E-state index in [1.54, 1.807) is 17.4 Å². The first-order valence-corrected chi connectivity index (χ1v) is 9.52. The van der Waals surface area contributed by atoms with Crippen molar-refractivity contribution >= 4 is 43.7 Å². The maximum Gasteiger partial charge on any atom is 0.140 e. The number of benzene rings is 2. The van der Waals surface area contributed by atoms with E-state index >= 15 is 0 Å². The van der Waals surface area contributed by atoms with Crippen LogP contribution >= 0.6 is 11.3 Å². The summed E-state index contributed by atoms with van der Waals surface area (Å²) in [6.07, 6.45) is 0.859. The van der Waals surface area contributed by atoms with E-state index in [0.717, 1.165) is 44.4 Å². The highest BCUT2D eigenvalue weighted by Gasteiger charge is 2.16. The average Bonchev–Trinajstić information content (AvgIpc) is 3.11. The van der Waals surface area contributed by atoms with Gasteiger partial charge in [-0.1, -0.05) is 12.1 Å². The van der Waals surface area contributed by atoms with Crippen molar-refractivity contribution < 1.29 is 5.11 Å². The first-order chi connectivity index (χ1) is 12.6. The van der Waals surface area contributed by atoms with E-state index in [9.17, 15) is 5.11 Å². The van der Waals surface area contributed by atoms with Gasteiger partial charge in [-0.25, -0.2) is 0 Å². The van der Waals surface area contributed by atoms with Crippen LogP contribution in [0.4, 0.5) is 11.4 Å². The van der Waals surface area contributed by atoms with Crippen LogP contribution in [0.5, 0.6) is 5.75 Å². The van der Waals surface area contributed by atoms with E-state index in [1.807, 2.05) is 26.0 Å². The third kappa shape index (κ3) is 2.79. The Bertz CT molecular complexity index is 1100. The van der Waals surface area contributed by atoms with Crippen LogP contribution in [0.1, 0.15) is 16.8 Å². The zero-order valence-electron chi connectivity index (χ0n) is 14.8. The molecule has 0 fully saturated rings. The Morgan fingerprint density at radius 3 is 2.65 bits per heavy atom. The molecule has 26 heavy (non-hydrogen) atoms. The number of nitrogens with one attached hydrogen (secondary N) is 1. The molecule has 4 aromatic rings. The van der Waals surface area contributed by atoms with Crippen molar-refractivity contribution in [3.05, 3.63) is 58.6 Å². The van der Waals surface area contributed by atoms with Gasteiger partial charge >= 0.3 is 0 Å². The Kier molecular flexibility index (Phi) is 4.26. The Balaban J connectivity index is 1.90. The lowest BCUT2D eigenvalue weighted by atomic mass is 10.0. The maximum atomic E-state index is 10.7. The van der Waals surface area contributed by atoms with Crippen LogP contribution in [0.15, 0.2) is 41.8 Å². The quantitative estimate of drug-likeness (QED) is 0.445. The molecule has 4 nitrogen and oxygen atoms in total. The van der Waals surface area contributed by atoms with Crippen LogP contribution < -0.4 is 11.1 Å². The molecule has 0 aliphatic carbocycles. The van der Waals surface area contributed by atoms with Gasteiger partial charge in [0.05, 0.1) is 21.6 Å². The predicted octanol–water partition coefficient (Wildman–Crippen LogP) is 5.02. The van der Waals surface area contributed by atoms with E-state index < -0.39 is 0 Å². The molecule has 0 aliphatic heterocycles. The molecule has 4 rings (SSSR count). The number of aromatic hydroxyl groups is 1. The minimum absolute atomic E-state index is 0.235. The minimum Gasteiger partial charge on any atom is -0.506 e. The molecule has 5 heteroatoms. The summed E-state index contributed by atoms with van der Waals surface area (Å²) in [5.41, 5.74) is 11.4. The number of hydrogen-bond acceptors (Lipinski definition) is 5. The third-order valence-corrected chi connectivity index (χ3v) is 5.69. The third-order valence-electron chi connectivity index (χ3n) is 4.67. The molecule has 0 spiro atoms. The van der Waals surface area contributed by atoms with Gasteiger partial charge in [0.2, 0.25) is 0 Å². The topological polar surface area (TPSA) is 71.2 Å². The van der Waals surface area contributed by atoms with Gasteiger partial charge in [-0.05, 0) is 67.6 Å². The molecular formula is C21H21N3OS. The molecule has 0 bridgehead atoms. The van der Waals surface area contributed by atoms with Crippen molar-refractivity contribution in [3.63, 3.8) is 0 Å². The van der Waals surface area contributed by atoms with Crippen molar-refractivity contribution in [1.82, 2.24) is 4.98 Å². The number of hydrogen-bond donors (Lipinski definition) is 3. The fourth-order valence-corrected chi connectivity index (χ4v) is 4.25. The number of aromatic nitrogens is 1. The fourth-order valence-electron chi connectivity index (χ4n) is 3.39. The zero-order chi connectivity index (χ0) is 18.3. The summed E-state index contributed by atoms with van der Waals surface area (Å²) in [4.78, 5) is 4.80. The summed E-state index contributed by atoms with van der Waals surface area (Å²) >= 11 is 1.68. The lowest BCUT2D eigenvalue weighted by Crippen LogP contribution is -2.02. The highest BCUT2D eigenvalue weighted by atomic mass is 32.1. The molecule has 4 N–H and O–H groups in total. The summed E-state index contributed by atoms with van der Waals surface area (Å²) in [7, 11) is 0. The SMILES string of the molecule is Cc1cc(O)c(Nc2ccc(CCN)cc2)c2c1nc(C)c1sccc12. The lowest BCUT2D eigenvalue weighted by molar-refractivity contribution is 0.478. The van der Waals surface area contributed by atoms with Gasteiger partial charge in [-0.2, -0.15) is 0 Å². The smallest absolute Gasteiger partial charge is 0.140 e.